The molecule has 1 amide bonds. The van der Waals surface area contributed by atoms with E-state index in [-0.39, 0.29) is 16.4 Å². The van der Waals surface area contributed by atoms with Crippen LogP contribution in [0.3, 0.4) is 0 Å². The predicted octanol–water partition coefficient (Wildman–Crippen LogP) is 2.21. The number of carbonyl (C=O) groups excluding carboxylic acids is 1. The normalized spacial score (nSPS) is 11.8. The number of amides is 1. The Morgan fingerprint density at radius 1 is 1.43 bits per heavy atom. The van der Waals surface area contributed by atoms with Gasteiger partial charge in [-0.25, -0.2) is 22.7 Å². The molecule has 122 valence electrons. The number of thiazole rings is 1. The van der Waals surface area contributed by atoms with Gasteiger partial charge in [0.15, 0.2) is 5.69 Å². The van der Waals surface area contributed by atoms with Gasteiger partial charge in [0.2, 0.25) is 5.91 Å². The number of hydrogen-bond donors (Lipinski definition) is 3. The maximum absolute atomic E-state index is 14.0. The highest BCUT2D eigenvalue weighted by Gasteiger charge is 2.25. The number of nitrogens with one attached hydrogen (secondary N) is 1. The third-order valence-electron chi connectivity index (χ3n) is 2.59. The number of anilines is 3. The maximum Gasteiger partial charge on any atom is 0.357 e. The van der Waals surface area contributed by atoms with Crippen molar-refractivity contribution in [2.45, 2.75) is 6.92 Å². The molecule has 0 bridgehead atoms. The van der Waals surface area contributed by atoms with Crippen LogP contribution in [0.15, 0.2) is 23.7 Å². The lowest BCUT2D eigenvalue weighted by Gasteiger charge is -2.19. The number of rotatable bonds is 5. The number of benzene rings is 1. The Morgan fingerprint density at radius 2 is 2.13 bits per heavy atom. The van der Waals surface area contributed by atoms with Crippen molar-refractivity contribution < 1.29 is 27.8 Å². The van der Waals surface area contributed by atoms with E-state index >= 15 is 0 Å². The lowest BCUT2D eigenvalue weighted by molar-refractivity contribution is -0.114. The zero-order valence-corrected chi connectivity index (χ0v) is 13.2. The van der Waals surface area contributed by atoms with Crippen LogP contribution in [0.25, 0.3) is 0 Å². The highest BCUT2D eigenvalue weighted by atomic mass is 32.2. The van der Waals surface area contributed by atoms with Crippen LogP contribution in [0.5, 0.6) is 0 Å². The Labute approximate surface area is 136 Å². The first-order valence-corrected chi connectivity index (χ1v) is 7.90. The molecule has 11 heteroatoms. The van der Waals surface area contributed by atoms with Gasteiger partial charge < -0.3 is 10.4 Å². The number of halogens is 1. The van der Waals surface area contributed by atoms with Gasteiger partial charge in [-0.15, -0.1) is 11.3 Å². The minimum atomic E-state index is -2.65. The molecule has 1 aromatic heterocycles. The maximum atomic E-state index is 14.0. The van der Waals surface area contributed by atoms with Crippen molar-refractivity contribution in [2.24, 2.45) is 0 Å². The van der Waals surface area contributed by atoms with E-state index in [0.717, 1.165) is 21.7 Å². The second kappa shape index (κ2) is 6.81. The fourth-order valence-corrected chi connectivity index (χ4v) is 3.28. The SMILES string of the molecule is CC(=O)Nc1ccc(N(c2scnc2C(=O)O)S(=O)O)cc1F. The van der Waals surface area contributed by atoms with Gasteiger partial charge in [0.25, 0.3) is 11.3 Å². The van der Waals surface area contributed by atoms with Crippen molar-refractivity contribution in [1.82, 2.24) is 4.98 Å². The Morgan fingerprint density at radius 3 is 2.65 bits per heavy atom. The zero-order valence-electron chi connectivity index (χ0n) is 11.5. The van der Waals surface area contributed by atoms with Gasteiger partial charge in [-0.2, -0.15) is 0 Å². The molecule has 8 nitrogen and oxygen atoms in total. The summed E-state index contributed by atoms with van der Waals surface area (Å²) in [6.07, 6.45) is 0. The summed E-state index contributed by atoms with van der Waals surface area (Å²) in [6, 6.07) is 3.38. The van der Waals surface area contributed by atoms with Crippen molar-refractivity contribution >= 4 is 50.9 Å². The third-order valence-corrected chi connectivity index (χ3v) is 4.22. The number of carbonyl (C=O) groups is 2. The molecule has 0 fully saturated rings. The smallest absolute Gasteiger partial charge is 0.357 e. The van der Waals surface area contributed by atoms with E-state index in [4.69, 9.17) is 5.11 Å². The fraction of sp³-hybridized carbons (Fsp3) is 0.0833. The summed E-state index contributed by atoms with van der Waals surface area (Å²) in [7, 11) is 0. The Balaban J connectivity index is 2.49. The molecular weight excluding hydrogens is 349 g/mol. The molecule has 23 heavy (non-hydrogen) atoms. The van der Waals surface area contributed by atoms with Crippen LogP contribution >= 0.6 is 11.3 Å². The summed E-state index contributed by atoms with van der Waals surface area (Å²) in [4.78, 5) is 25.7. The topological polar surface area (TPSA) is 120 Å². The number of hydrogen-bond acceptors (Lipinski definition) is 5. The van der Waals surface area contributed by atoms with E-state index in [0.29, 0.717) is 0 Å². The molecule has 1 unspecified atom stereocenters. The van der Waals surface area contributed by atoms with Crippen molar-refractivity contribution in [3.8, 4) is 0 Å². The standard InChI is InChI=1S/C12H10FN3O5S2/c1-6(17)15-9-3-2-7(4-8(9)13)16(23(20)21)11-10(12(18)19)14-5-22-11/h2-5H,1H3,(H,15,17)(H,18,19)(H,20,21). The Hall–Kier alpha value is -2.37. The molecule has 0 saturated heterocycles. The summed E-state index contributed by atoms with van der Waals surface area (Å²) in [6.45, 7) is 1.21. The largest absolute Gasteiger partial charge is 0.476 e. The summed E-state index contributed by atoms with van der Waals surface area (Å²) in [5, 5.41) is 11.2. The zero-order chi connectivity index (χ0) is 17.1. The van der Waals surface area contributed by atoms with Crippen LogP contribution in [0.1, 0.15) is 17.4 Å². The van der Waals surface area contributed by atoms with E-state index in [2.05, 4.69) is 10.3 Å². The van der Waals surface area contributed by atoms with Gasteiger partial charge in [-0.05, 0) is 12.1 Å². The highest BCUT2D eigenvalue weighted by Crippen LogP contribution is 2.34. The minimum absolute atomic E-state index is 0.0656. The average Bonchev–Trinajstić information content (AvgIpc) is 2.90. The molecule has 0 radical (unpaired) electrons. The number of aromatic carboxylic acids is 1. The second-order valence-corrected chi connectivity index (χ2v) is 5.84. The molecule has 0 aliphatic heterocycles. The van der Waals surface area contributed by atoms with E-state index < -0.39 is 34.7 Å². The van der Waals surface area contributed by atoms with Crippen molar-refractivity contribution in [1.29, 1.82) is 0 Å². The monoisotopic (exact) mass is 359 g/mol. The number of carboxylic acid groups (broad SMARTS) is 1. The summed E-state index contributed by atoms with van der Waals surface area (Å²) in [5.41, 5.74) is 0.598. The van der Waals surface area contributed by atoms with Gasteiger partial charge in [0.05, 0.1) is 16.9 Å². The highest BCUT2D eigenvalue weighted by molar-refractivity contribution is 7.81. The van der Waals surface area contributed by atoms with E-state index in [1.165, 1.54) is 24.6 Å². The molecule has 3 N–H and O–H groups in total. The first-order chi connectivity index (χ1) is 10.8. The van der Waals surface area contributed by atoms with Gasteiger partial charge in [-0.3, -0.25) is 9.35 Å². The van der Waals surface area contributed by atoms with Gasteiger partial charge in [0, 0.05) is 13.0 Å². The average molecular weight is 359 g/mol. The molecular formula is C12H10FN3O5S2. The van der Waals surface area contributed by atoms with Crippen molar-refractivity contribution in [3.63, 3.8) is 0 Å². The molecule has 2 rings (SSSR count). The third kappa shape index (κ3) is 3.70. The molecule has 1 heterocycles. The number of carboxylic acids is 1. The lowest BCUT2D eigenvalue weighted by Crippen LogP contribution is -2.21. The van der Waals surface area contributed by atoms with Gasteiger partial charge in [0.1, 0.15) is 10.8 Å². The number of aromatic nitrogens is 1. The molecule has 0 saturated carbocycles. The summed E-state index contributed by atoms with van der Waals surface area (Å²) in [5.74, 6) is -2.70. The van der Waals surface area contributed by atoms with Gasteiger partial charge in [-0.1, -0.05) is 0 Å². The van der Waals surface area contributed by atoms with Crippen LogP contribution in [0.4, 0.5) is 20.8 Å². The van der Waals surface area contributed by atoms with Crippen LogP contribution < -0.4 is 9.62 Å². The van der Waals surface area contributed by atoms with Gasteiger partial charge >= 0.3 is 5.97 Å². The molecule has 0 spiro atoms. The molecule has 1 atom stereocenters. The van der Waals surface area contributed by atoms with Crippen molar-refractivity contribution in [3.05, 3.63) is 35.2 Å². The molecule has 0 aliphatic rings. The molecule has 2 aromatic rings. The van der Waals surface area contributed by atoms with E-state index in [1.807, 2.05) is 0 Å². The van der Waals surface area contributed by atoms with E-state index in [1.54, 1.807) is 0 Å². The van der Waals surface area contributed by atoms with Crippen LogP contribution in [0.2, 0.25) is 0 Å². The summed E-state index contributed by atoms with van der Waals surface area (Å²) >= 11 is -1.83. The Bertz CT molecular complexity index is 795. The predicted molar refractivity (Wildman–Crippen MR) is 82.7 cm³/mol. The first-order valence-electron chi connectivity index (χ1n) is 5.96. The summed E-state index contributed by atoms with van der Waals surface area (Å²) < 4.78 is 35.7. The molecule has 1 aromatic carbocycles. The first kappa shape index (κ1) is 17.0. The minimum Gasteiger partial charge on any atom is -0.476 e. The molecule has 0 aliphatic carbocycles. The fourth-order valence-electron chi connectivity index (χ4n) is 1.73. The van der Waals surface area contributed by atoms with E-state index in [9.17, 15) is 22.7 Å². The Kier molecular flexibility index (Phi) is 5.03. The quantitative estimate of drug-likeness (QED) is 0.704. The van der Waals surface area contributed by atoms with Crippen LogP contribution in [0, 0.1) is 5.82 Å². The number of nitrogens with zero attached hydrogens (tertiary/aromatic N) is 2. The lowest BCUT2D eigenvalue weighted by atomic mass is 10.2. The van der Waals surface area contributed by atoms with Crippen LogP contribution in [-0.4, -0.2) is 30.7 Å². The van der Waals surface area contributed by atoms with Crippen molar-refractivity contribution in [2.75, 3.05) is 9.62 Å². The second-order valence-electron chi connectivity index (χ2n) is 4.18. The van der Waals surface area contributed by atoms with Crippen LogP contribution in [-0.2, 0) is 16.1 Å².